The van der Waals surface area contributed by atoms with Crippen molar-refractivity contribution in [2.75, 3.05) is 4.90 Å². The van der Waals surface area contributed by atoms with E-state index in [0.717, 1.165) is 29.3 Å². The number of nitrogens with zero attached hydrogens (tertiary/aromatic N) is 2. The zero-order valence-electron chi connectivity index (χ0n) is 14.6. The highest BCUT2D eigenvalue weighted by molar-refractivity contribution is 6.02. The number of anilines is 1. The molecule has 1 aromatic heterocycles. The Balaban J connectivity index is 2.03. The molecule has 3 aromatic rings. The van der Waals surface area contributed by atoms with Gasteiger partial charge in [-0.05, 0) is 29.8 Å². The second-order valence-electron chi connectivity index (χ2n) is 6.18. The quantitative estimate of drug-likeness (QED) is 0.588. The highest BCUT2D eigenvalue weighted by Gasteiger charge is 2.33. The molecule has 0 saturated heterocycles. The highest BCUT2D eigenvalue weighted by atomic mass is 19.4. The average Bonchev–Trinajstić information content (AvgIpc) is 2.64. The maximum Gasteiger partial charge on any atom is 0.433 e. The lowest BCUT2D eigenvalue weighted by atomic mass is 10.1. The van der Waals surface area contributed by atoms with Crippen LogP contribution in [0.4, 0.5) is 36.8 Å². The number of hydrogen-bond acceptors (Lipinski definition) is 2. The minimum absolute atomic E-state index is 0.0838. The second-order valence-corrected chi connectivity index (χ2v) is 6.18. The zero-order chi connectivity index (χ0) is 21.4. The number of pyridine rings is 1. The van der Waals surface area contributed by atoms with Crippen LogP contribution in [0.1, 0.15) is 16.8 Å². The first-order chi connectivity index (χ1) is 13.5. The van der Waals surface area contributed by atoms with Crippen molar-refractivity contribution in [3.8, 4) is 0 Å². The molecule has 0 unspecified atom stereocenters. The molecule has 152 valence electrons. The average molecular weight is 413 g/mol. The number of rotatable bonds is 3. The van der Waals surface area contributed by atoms with Gasteiger partial charge in [0.25, 0.3) is 0 Å². The fourth-order valence-electron chi connectivity index (χ4n) is 2.81. The number of primary amides is 1. The predicted molar refractivity (Wildman–Crippen MR) is 94.0 cm³/mol. The normalized spacial score (nSPS) is 12.2. The maximum atomic E-state index is 13.0. The van der Waals surface area contributed by atoms with Gasteiger partial charge in [-0.2, -0.15) is 26.3 Å². The summed E-state index contributed by atoms with van der Waals surface area (Å²) in [5.41, 5.74) is 3.80. The summed E-state index contributed by atoms with van der Waals surface area (Å²) in [7, 11) is 0. The van der Waals surface area contributed by atoms with Crippen LogP contribution in [-0.4, -0.2) is 11.0 Å². The van der Waals surface area contributed by atoms with Gasteiger partial charge >= 0.3 is 18.4 Å². The third-order valence-corrected chi connectivity index (χ3v) is 4.21. The molecule has 3 rings (SSSR count). The van der Waals surface area contributed by atoms with E-state index < -0.39 is 29.6 Å². The van der Waals surface area contributed by atoms with E-state index in [9.17, 15) is 31.1 Å². The molecule has 0 radical (unpaired) electrons. The first kappa shape index (κ1) is 20.4. The molecule has 0 fully saturated rings. The number of amides is 2. The lowest BCUT2D eigenvalue weighted by molar-refractivity contribution is -0.141. The molecule has 0 spiro atoms. The van der Waals surface area contributed by atoms with Gasteiger partial charge in [-0.15, -0.1) is 0 Å². The van der Waals surface area contributed by atoms with Gasteiger partial charge in [0.2, 0.25) is 0 Å². The number of nitrogens with two attached hydrogens (primary N) is 1. The molecule has 29 heavy (non-hydrogen) atoms. The minimum Gasteiger partial charge on any atom is -0.351 e. The number of carbonyl (C=O) groups excluding carboxylic acids is 1. The monoisotopic (exact) mass is 413 g/mol. The highest BCUT2D eigenvalue weighted by Crippen LogP contribution is 2.34. The van der Waals surface area contributed by atoms with Crippen molar-refractivity contribution in [1.29, 1.82) is 0 Å². The third kappa shape index (κ3) is 4.41. The fourth-order valence-corrected chi connectivity index (χ4v) is 2.81. The van der Waals surface area contributed by atoms with Crippen molar-refractivity contribution in [3.05, 3.63) is 71.5 Å². The summed E-state index contributed by atoms with van der Waals surface area (Å²) in [4.78, 5) is 16.4. The Labute approximate surface area is 160 Å². The van der Waals surface area contributed by atoms with Gasteiger partial charge < -0.3 is 5.73 Å². The van der Waals surface area contributed by atoms with Gasteiger partial charge in [0.1, 0.15) is 5.69 Å². The molecule has 0 bridgehead atoms. The Morgan fingerprint density at radius 3 is 2.17 bits per heavy atom. The van der Waals surface area contributed by atoms with Crippen LogP contribution >= 0.6 is 0 Å². The molecule has 0 aliphatic rings. The van der Waals surface area contributed by atoms with E-state index in [4.69, 9.17) is 5.73 Å². The van der Waals surface area contributed by atoms with Gasteiger partial charge in [0, 0.05) is 17.0 Å². The molecule has 0 saturated carbocycles. The molecule has 2 amide bonds. The van der Waals surface area contributed by atoms with Crippen molar-refractivity contribution in [2.45, 2.75) is 18.9 Å². The lowest BCUT2D eigenvalue weighted by Crippen LogP contribution is -2.35. The molecule has 2 aromatic carbocycles. The van der Waals surface area contributed by atoms with Crippen LogP contribution < -0.4 is 10.6 Å². The van der Waals surface area contributed by atoms with E-state index in [2.05, 4.69) is 4.98 Å². The van der Waals surface area contributed by atoms with Gasteiger partial charge in [-0.1, -0.05) is 24.3 Å². The number of carbonyl (C=O) groups is 1. The third-order valence-electron chi connectivity index (χ3n) is 4.21. The Morgan fingerprint density at radius 2 is 1.62 bits per heavy atom. The summed E-state index contributed by atoms with van der Waals surface area (Å²) in [6.45, 7) is -0.226. The molecule has 4 nitrogen and oxygen atoms in total. The topological polar surface area (TPSA) is 59.2 Å². The SMILES string of the molecule is NC(=O)N(Cc1ccc(C(F)(F)F)cc1)c1cccc2cnc(C(F)(F)F)cc12. The molecular weight excluding hydrogens is 400 g/mol. The second kappa shape index (κ2) is 7.26. The molecule has 1 heterocycles. The first-order valence-electron chi connectivity index (χ1n) is 8.16. The fraction of sp³-hybridized carbons (Fsp3) is 0.158. The Kier molecular flexibility index (Phi) is 5.12. The predicted octanol–water partition coefficient (Wildman–Crippen LogP) is 5.36. The van der Waals surface area contributed by atoms with E-state index in [-0.39, 0.29) is 17.6 Å². The van der Waals surface area contributed by atoms with Crippen LogP contribution in [-0.2, 0) is 18.9 Å². The number of fused-ring (bicyclic) bond motifs is 1. The van der Waals surface area contributed by atoms with Crippen LogP contribution in [0, 0.1) is 0 Å². The summed E-state index contributed by atoms with van der Waals surface area (Å²) in [5.74, 6) is 0. The largest absolute Gasteiger partial charge is 0.433 e. The number of urea groups is 1. The smallest absolute Gasteiger partial charge is 0.351 e. The van der Waals surface area contributed by atoms with Crippen LogP contribution in [0.3, 0.4) is 0 Å². The number of halogens is 6. The van der Waals surface area contributed by atoms with E-state index in [1.165, 1.54) is 30.3 Å². The Morgan fingerprint density at radius 1 is 0.966 bits per heavy atom. The number of alkyl halides is 6. The molecule has 10 heteroatoms. The molecule has 0 atom stereocenters. The number of hydrogen-bond donors (Lipinski definition) is 1. The van der Waals surface area contributed by atoms with Crippen molar-refractivity contribution >= 4 is 22.5 Å². The van der Waals surface area contributed by atoms with Crippen LogP contribution in [0.25, 0.3) is 10.8 Å². The molecular formula is C19H13F6N3O. The first-order valence-corrected chi connectivity index (χ1v) is 8.16. The summed E-state index contributed by atoms with van der Waals surface area (Å²) in [5, 5.41) is 0.426. The molecule has 0 aliphatic heterocycles. The van der Waals surface area contributed by atoms with E-state index >= 15 is 0 Å². The van der Waals surface area contributed by atoms with Crippen molar-refractivity contribution in [1.82, 2.24) is 4.98 Å². The van der Waals surface area contributed by atoms with E-state index in [1.54, 1.807) is 0 Å². The van der Waals surface area contributed by atoms with E-state index in [1.807, 2.05) is 0 Å². The van der Waals surface area contributed by atoms with Crippen molar-refractivity contribution in [2.24, 2.45) is 5.73 Å². The maximum absolute atomic E-state index is 13.0. The number of aromatic nitrogens is 1. The van der Waals surface area contributed by atoms with Gasteiger partial charge in [-0.3, -0.25) is 9.88 Å². The Hall–Kier alpha value is -3.30. The number of benzene rings is 2. The molecule has 2 N–H and O–H groups in total. The van der Waals surface area contributed by atoms with Crippen LogP contribution in [0.2, 0.25) is 0 Å². The standard InChI is InChI=1S/C19H13F6N3O/c20-18(21,22)13-6-4-11(5-7-13)10-28(17(26)29)15-3-1-2-12-9-27-16(8-14(12)15)19(23,24)25/h1-9H,10H2,(H2,26,29). The zero-order valence-corrected chi connectivity index (χ0v) is 14.6. The Bertz CT molecular complexity index is 1040. The van der Waals surface area contributed by atoms with Crippen molar-refractivity contribution in [3.63, 3.8) is 0 Å². The summed E-state index contributed by atoms with van der Waals surface area (Å²) in [6.07, 6.45) is -8.18. The summed E-state index contributed by atoms with van der Waals surface area (Å²) >= 11 is 0. The van der Waals surface area contributed by atoms with Gasteiger partial charge in [0.15, 0.2) is 0 Å². The van der Waals surface area contributed by atoms with Crippen LogP contribution in [0.15, 0.2) is 54.7 Å². The van der Waals surface area contributed by atoms with Crippen LogP contribution in [0.5, 0.6) is 0 Å². The van der Waals surface area contributed by atoms with Crippen molar-refractivity contribution < 1.29 is 31.1 Å². The summed E-state index contributed by atoms with van der Waals surface area (Å²) in [6, 6.07) is 8.30. The van der Waals surface area contributed by atoms with Gasteiger partial charge in [0.05, 0.1) is 17.8 Å². The minimum atomic E-state index is -4.69. The summed E-state index contributed by atoms with van der Waals surface area (Å²) < 4.78 is 77.2. The van der Waals surface area contributed by atoms with Gasteiger partial charge in [-0.25, -0.2) is 4.79 Å². The van der Waals surface area contributed by atoms with E-state index in [0.29, 0.717) is 10.9 Å². The lowest BCUT2D eigenvalue weighted by Gasteiger charge is -2.23. The molecule has 0 aliphatic carbocycles.